The molecule has 3 saturated heterocycles. The number of anilines is 1. The van der Waals surface area contributed by atoms with Crippen molar-refractivity contribution in [2.24, 2.45) is 0 Å². The van der Waals surface area contributed by atoms with Gasteiger partial charge in [0, 0.05) is 11.6 Å². The first-order chi connectivity index (χ1) is 11.2. The van der Waals surface area contributed by atoms with Gasteiger partial charge >= 0.3 is 0 Å². The van der Waals surface area contributed by atoms with Crippen LogP contribution >= 0.6 is 11.3 Å². The monoisotopic (exact) mass is 356 g/mol. The molecule has 9 heteroatoms. The SMILES string of the molecule is CC1(C)O[C@@H]2[C@@H](O1)[C@@H](C(=O)Nc1nccs1)O[C@H]1OC(C)(C)O[C@@H]12. The molecule has 4 rings (SSSR count). The van der Waals surface area contributed by atoms with E-state index in [-0.39, 0.29) is 5.91 Å². The molecule has 1 N–H and O–H groups in total. The van der Waals surface area contributed by atoms with E-state index in [0.717, 1.165) is 0 Å². The average molecular weight is 356 g/mol. The van der Waals surface area contributed by atoms with Crippen LogP contribution in [0.2, 0.25) is 0 Å². The molecule has 3 aliphatic rings. The van der Waals surface area contributed by atoms with Crippen LogP contribution in [0.4, 0.5) is 5.13 Å². The predicted octanol–water partition coefficient (Wildman–Crippen LogP) is 1.48. The molecule has 1 amide bonds. The number of thiazole rings is 1. The third-order valence-electron chi connectivity index (χ3n) is 4.08. The lowest BCUT2D eigenvalue weighted by Gasteiger charge is -2.36. The molecule has 4 heterocycles. The third kappa shape index (κ3) is 2.85. The van der Waals surface area contributed by atoms with Crippen LogP contribution in [0.3, 0.4) is 0 Å². The second-order valence-electron chi connectivity index (χ2n) is 6.92. The van der Waals surface area contributed by atoms with Crippen LogP contribution in [-0.2, 0) is 28.5 Å². The Bertz CT molecular complexity index is 634. The van der Waals surface area contributed by atoms with E-state index in [0.29, 0.717) is 5.13 Å². The van der Waals surface area contributed by atoms with Gasteiger partial charge in [0.1, 0.15) is 18.3 Å². The molecule has 8 nitrogen and oxygen atoms in total. The molecule has 0 saturated carbocycles. The van der Waals surface area contributed by atoms with Crippen LogP contribution in [0.5, 0.6) is 0 Å². The number of rotatable bonds is 2. The van der Waals surface area contributed by atoms with Gasteiger partial charge in [0.05, 0.1) is 0 Å². The van der Waals surface area contributed by atoms with Crippen LogP contribution in [0.15, 0.2) is 11.6 Å². The Kier molecular flexibility index (Phi) is 3.72. The van der Waals surface area contributed by atoms with Crippen LogP contribution in [0.25, 0.3) is 0 Å². The van der Waals surface area contributed by atoms with E-state index < -0.39 is 42.3 Å². The number of ether oxygens (including phenoxy) is 5. The maximum absolute atomic E-state index is 12.7. The number of hydrogen-bond donors (Lipinski definition) is 1. The Morgan fingerprint density at radius 1 is 1.08 bits per heavy atom. The van der Waals surface area contributed by atoms with Crippen molar-refractivity contribution in [3.05, 3.63) is 11.6 Å². The van der Waals surface area contributed by atoms with Gasteiger partial charge in [-0.15, -0.1) is 11.3 Å². The van der Waals surface area contributed by atoms with Gasteiger partial charge in [-0.3, -0.25) is 10.1 Å². The van der Waals surface area contributed by atoms with E-state index >= 15 is 0 Å². The number of carbonyl (C=O) groups is 1. The van der Waals surface area contributed by atoms with Crippen LogP contribution < -0.4 is 5.32 Å². The van der Waals surface area contributed by atoms with Crippen LogP contribution in [-0.4, -0.2) is 53.2 Å². The summed E-state index contributed by atoms with van der Waals surface area (Å²) in [6.45, 7) is 7.21. The Balaban J connectivity index is 1.59. The molecule has 0 spiro atoms. The summed E-state index contributed by atoms with van der Waals surface area (Å²) in [6.07, 6.45) is -1.43. The number of nitrogens with zero attached hydrogens (tertiary/aromatic N) is 1. The Morgan fingerprint density at radius 2 is 1.75 bits per heavy atom. The molecule has 5 atom stereocenters. The van der Waals surface area contributed by atoms with Crippen molar-refractivity contribution in [3.8, 4) is 0 Å². The number of amides is 1. The largest absolute Gasteiger partial charge is 0.342 e. The highest BCUT2D eigenvalue weighted by Gasteiger charge is 2.62. The van der Waals surface area contributed by atoms with Crippen molar-refractivity contribution in [2.45, 2.75) is 70.0 Å². The molecule has 3 fully saturated rings. The molecular formula is C15H20N2O6S. The van der Waals surface area contributed by atoms with Gasteiger partial charge in [-0.1, -0.05) is 0 Å². The molecule has 1 aromatic heterocycles. The molecule has 0 aliphatic carbocycles. The lowest BCUT2D eigenvalue weighted by molar-refractivity contribution is -0.229. The number of fused-ring (bicyclic) bond motifs is 3. The maximum Gasteiger partial charge on any atom is 0.258 e. The smallest absolute Gasteiger partial charge is 0.258 e. The van der Waals surface area contributed by atoms with Crippen LogP contribution in [0.1, 0.15) is 27.7 Å². The second-order valence-corrected chi connectivity index (χ2v) is 7.81. The van der Waals surface area contributed by atoms with E-state index in [9.17, 15) is 4.79 Å². The second kappa shape index (κ2) is 5.45. The average Bonchev–Trinajstić information content (AvgIpc) is 3.13. The van der Waals surface area contributed by atoms with Crippen molar-refractivity contribution in [2.75, 3.05) is 5.32 Å². The highest BCUT2D eigenvalue weighted by atomic mass is 32.1. The minimum absolute atomic E-state index is 0.340. The van der Waals surface area contributed by atoms with E-state index in [4.69, 9.17) is 23.7 Å². The zero-order valence-electron chi connectivity index (χ0n) is 13.8. The van der Waals surface area contributed by atoms with Crippen molar-refractivity contribution >= 4 is 22.4 Å². The quantitative estimate of drug-likeness (QED) is 0.858. The predicted molar refractivity (Wildman–Crippen MR) is 83.3 cm³/mol. The fourth-order valence-electron chi connectivity index (χ4n) is 3.29. The van der Waals surface area contributed by atoms with Crippen molar-refractivity contribution in [3.63, 3.8) is 0 Å². The molecule has 3 aliphatic heterocycles. The molecule has 1 aromatic rings. The topological polar surface area (TPSA) is 88.1 Å². The minimum atomic E-state index is -0.876. The fourth-order valence-corrected chi connectivity index (χ4v) is 3.82. The summed E-state index contributed by atoms with van der Waals surface area (Å²) in [7, 11) is 0. The highest BCUT2D eigenvalue weighted by Crippen LogP contribution is 2.44. The fraction of sp³-hybridized carbons (Fsp3) is 0.733. The van der Waals surface area contributed by atoms with Gasteiger partial charge < -0.3 is 23.7 Å². The standard InChI is InChI=1S/C15H20N2O6S/c1-14(2)20-7-8(21-14)10-12(23-15(3,4)22-10)19-9(7)11(18)17-13-16-5-6-24-13/h5-10,12H,1-4H3,(H,16,17,18)/t7-,8-,9+,10-,12+/m1/s1. The summed E-state index contributed by atoms with van der Waals surface area (Å²) >= 11 is 1.33. The first kappa shape index (κ1) is 16.4. The van der Waals surface area contributed by atoms with Crippen molar-refractivity contribution in [1.29, 1.82) is 0 Å². The van der Waals surface area contributed by atoms with Crippen molar-refractivity contribution < 1.29 is 28.5 Å². The first-order valence-corrected chi connectivity index (χ1v) is 8.69. The molecule has 132 valence electrons. The van der Waals surface area contributed by atoms with Gasteiger partial charge in [-0.05, 0) is 27.7 Å². The van der Waals surface area contributed by atoms with Gasteiger partial charge in [-0.25, -0.2) is 4.98 Å². The molecule has 0 radical (unpaired) electrons. The normalized spacial score (nSPS) is 39.2. The van der Waals surface area contributed by atoms with Crippen molar-refractivity contribution in [1.82, 2.24) is 4.98 Å². The number of carbonyl (C=O) groups excluding carboxylic acids is 1. The maximum atomic E-state index is 12.7. The van der Waals surface area contributed by atoms with Gasteiger partial charge in [0.25, 0.3) is 5.91 Å². The number of nitrogens with one attached hydrogen (secondary N) is 1. The summed E-state index contributed by atoms with van der Waals surface area (Å²) in [6, 6.07) is 0. The summed E-state index contributed by atoms with van der Waals surface area (Å²) in [5.74, 6) is -1.98. The lowest BCUT2D eigenvalue weighted by atomic mass is 9.98. The summed E-state index contributed by atoms with van der Waals surface area (Å²) < 4.78 is 29.4. The zero-order valence-corrected chi connectivity index (χ0v) is 14.7. The van der Waals surface area contributed by atoms with Crippen LogP contribution in [0, 0.1) is 0 Å². The number of aromatic nitrogens is 1. The molecule has 0 aromatic carbocycles. The minimum Gasteiger partial charge on any atom is -0.342 e. The zero-order chi connectivity index (χ0) is 17.1. The molecule has 0 unspecified atom stereocenters. The van der Waals surface area contributed by atoms with E-state index in [1.807, 2.05) is 0 Å². The van der Waals surface area contributed by atoms with E-state index in [1.54, 1.807) is 39.3 Å². The summed E-state index contributed by atoms with van der Waals surface area (Å²) in [5.41, 5.74) is 0. The lowest BCUT2D eigenvalue weighted by Crippen LogP contribution is -2.58. The molecule has 0 bridgehead atoms. The highest BCUT2D eigenvalue weighted by molar-refractivity contribution is 7.13. The van der Waals surface area contributed by atoms with Gasteiger partial charge in [0.2, 0.25) is 0 Å². The Hall–Kier alpha value is -1.10. The molecular weight excluding hydrogens is 336 g/mol. The Labute approximate surface area is 143 Å². The first-order valence-electron chi connectivity index (χ1n) is 7.81. The number of hydrogen-bond acceptors (Lipinski definition) is 8. The Morgan fingerprint density at radius 3 is 2.46 bits per heavy atom. The van der Waals surface area contributed by atoms with E-state index in [1.165, 1.54) is 11.3 Å². The summed E-state index contributed by atoms with van der Waals surface area (Å²) in [5, 5.41) is 5.03. The molecule has 24 heavy (non-hydrogen) atoms. The van der Waals surface area contributed by atoms with Gasteiger partial charge in [0.15, 0.2) is 29.1 Å². The summed E-state index contributed by atoms with van der Waals surface area (Å²) in [4.78, 5) is 16.7. The van der Waals surface area contributed by atoms with Gasteiger partial charge in [-0.2, -0.15) is 0 Å². The van der Waals surface area contributed by atoms with E-state index in [2.05, 4.69) is 10.3 Å². The third-order valence-corrected chi connectivity index (χ3v) is 4.76.